The molecule has 0 aliphatic rings. The molecule has 3 rings (SSSR count). The average Bonchev–Trinajstić information content (AvgIpc) is 3.15. The monoisotopic (exact) mass is 336 g/mol. The number of hydrogen-bond donors (Lipinski definition) is 3. The Morgan fingerprint density at radius 1 is 1.41 bits per heavy atom. The zero-order valence-electron chi connectivity index (χ0n) is 11.3. The highest BCUT2D eigenvalue weighted by Crippen LogP contribution is 2.27. The molecule has 0 saturated carbocycles. The van der Waals surface area contributed by atoms with Gasteiger partial charge in [-0.1, -0.05) is 11.6 Å². The molecule has 0 aromatic carbocycles. The number of rotatable bonds is 5. The molecule has 0 saturated heterocycles. The smallest absolute Gasteiger partial charge is 0.224 e. The summed E-state index contributed by atoms with van der Waals surface area (Å²) in [5, 5.41) is 17.2. The molecule has 0 fully saturated rings. The summed E-state index contributed by atoms with van der Waals surface area (Å²) in [6, 6.07) is 7.04. The van der Waals surface area contributed by atoms with E-state index in [4.69, 9.17) is 17.3 Å². The van der Waals surface area contributed by atoms with Crippen molar-refractivity contribution in [1.82, 2.24) is 19.7 Å². The minimum Gasteiger partial charge on any atom is -0.386 e. The molecule has 0 amide bonds. The maximum absolute atomic E-state index is 10.1. The van der Waals surface area contributed by atoms with Gasteiger partial charge in [0.2, 0.25) is 5.95 Å². The summed E-state index contributed by atoms with van der Waals surface area (Å²) >= 11 is 7.20. The number of thiophene rings is 1. The number of anilines is 2. The number of nitrogen functional groups attached to an aromatic ring is 1. The minimum absolute atomic E-state index is 0.129. The number of nitrogens with zero attached hydrogens (tertiary/aromatic N) is 4. The van der Waals surface area contributed by atoms with Gasteiger partial charge in [0.25, 0.3) is 0 Å². The summed E-state index contributed by atoms with van der Waals surface area (Å²) in [4.78, 5) is 8.99. The molecule has 3 aromatic rings. The van der Waals surface area contributed by atoms with Crippen LogP contribution in [0.25, 0.3) is 5.82 Å². The Morgan fingerprint density at radius 2 is 2.27 bits per heavy atom. The van der Waals surface area contributed by atoms with E-state index in [1.165, 1.54) is 11.3 Å². The first-order valence-corrected chi connectivity index (χ1v) is 7.63. The van der Waals surface area contributed by atoms with Crippen LogP contribution in [0.4, 0.5) is 11.8 Å². The fraction of sp³-hybridized carbons (Fsp3) is 0.154. The first kappa shape index (κ1) is 14.8. The first-order valence-electron chi connectivity index (χ1n) is 6.43. The van der Waals surface area contributed by atoms with Crippen molar-refractivity contribution < 1.29 is 5.11 Å². The summed E-state index contributed by atoms with van der Waals surface area (Å²) < 4.78 is 2.22. The zero-order valence-corrected chi connectivity index (χ0v) is 12.9. The lowest BCUT2D eigenvalue weighted by molar-refractivity contribution is 0.195. The number of aliphatic hydroxyl groups is 1. The van der Waals surface area contributed by atoms with Crippen LogP contribution in [0.1, 0.15) is 11.0 Å². The van der Waals surface area contributed by atoms with E-state index < -0.39 is 6.10 Å². The number of halogens is 1. The van der Waals surface area contributed by atoms with E-state index in [9.17, 15) is 5.11 Å². The Balaban J connectivity index is 1.72. The summed E-state index contributed by atoms with van der Waals surface area (Å²) in [6.45, 7) is 0.284. The highest BCUT2D eigenvalue weighted by atomic mass is 35.5. The molecular weight excluding hydrogens is 324 g/mol. The molecular formula is C13H13ClN6OS. The summed E-state index contributed by atoms with van der Waals surface area (Å²) in [6.07, 6.45) is 2.73. The van der Waals surface area contributed by atoms with Gasteiger partial charge < -0.3 is 16.2 Å². The number of aromatic nitrogens is 4. The Kier molecular flexibility index (Phi) is 4.23. The number of nitrogens with one attached hydrogen (secondary N) is 1. The van der Waals surface area contributed by atoms with Crippen LogP contribution >= 0.6 is 22.9 Å². The molecule has 9 heteroatoms. The Bertz CT molecular complexity index is 760. The van der Waals surface area contributed by atoms with Gasteiger partial charge >= 0.3 is 0 Å². The van der Waals surface area contributed by atoms with Gasteiger partial charge in [0.05, 0.1) is 4.34 Å². The predicted molar refractivity (Wildman–Crippen MR) is 86.3 cm³/mol. The third-order valence-electron chi connectivity index (χ3n) is 2.87. The zero-order chi connectivity index (χ0) is 15.5. The molecule has 3 aromatic heterocycles. The van der Waals surface area contributed by atoms with Crippen LogP contribution < -0.4 is 11.1 Å². The van der Waals surface area contributed by atoms with Crippen molar-refractivity contribution in [3.05, 3.63) is 45.9 Å². The number of hydrogen-bond acceptors (Lipinski definition) is 7. The van der Waals surface area contributed by atoms with Crippen LogP contribution in [0, 0.1) is 0 Å². The molecule has 4 N–H and O–H groups in total. The van der Waals surface area contributed by atoms with Crippen molar-refractivity contribution in [3.63, 3.8) is 0 Å². The van der Waals surface area contributed by atoms with Crippen LogP contribution in [0.15, 0.2) is 36.7 Å². The minimum atomic E-state index is -0.679. The van der Waals surface area contributed by atoms with E-state index in [-0.39, 0.29) is 12.5 Å². The second-order valence-electron chi connectivity index (χ2n) is 4.46. The molecule has 0 aliphatic heterocycles. The molecule has 0 aliphatic carbocycles. The van der Waals surface area contributed by atoms with E-state index >= 15 is 0 Å². The normalized spacial score (nSPS) is 12.3. The Morgan fingerprint density at radius 3 is 2.95 bits per heavy atom. The van der Waals surface area contributed by atoms with Crippen LogP contribution in [0.3, 0.4) is 0 Å². The molecule has 114 valence electrons. The second kappa shape index (κ2) is 6.30. The average molecular weight is 337 g/mol. The fourth-order valence-electron chi connectivity index (χ4n) is 1.87. The van der Waals surface area contributed by atoms with Crippen LogP contribution in [0.5, 0.6) is 0 Å². The van der Waals surface area contributed by atoms with E-state index in [0.29, 0.717) is 16.0 Å². The highest BCUT2D eigenvalue weighted by molar-refractivity contribution is 7.16. The molecule has 7 nitrogen and oxygen atoms in total. The van der Waals surface area contributed by atoms with Crippen LogP contribution in [-0.2, 0) is 0 Å². The van der Waals surface area contributed by atoms with Crippen molar-refractivity contribution in [2.45, 2.75) is 6.10 Å². The van der Waals surface area contributed by atoms with E-state index in [0.717, 1.165) is 4.88 Å². The van der Waals surface area contributed by atoms with Crippen molar-refractivity contribution in [2.75, 3.05) is 17.6 Å². The molecule has 0 spiro atoms. The van der Waals surface area contributed by atoms with Gasteiger partial charge in [0.1, 0.15) is 11.9 Å². The van der Waals surface area contributed by atoms with Crippen LogP contribution in [-0.4, -0.2) is 31.4 Å². The van der Waals surface area contributed by atoms with Crippen molar-refractivity contribution in [1.29, 1.82) is 0 Å². The van der Waals surface area contributed by atoms with Gasteiger partial charge in [-0.05, 0) is 18.2 Å². The van der Waals surface area contributed by atoms with Gasteiger partial charge in [-0.15, -0.1) is 11.3 Å². The van der Waals surface area contributed by atoms with Gasteiger partial charge in [-0.2, -0.15) is 15.1 Å². The molecule has 0 bridgehead atoms. The molecule has 3 heterocycles. The second-order valence-corrected chi connectivity index (χ2v) is 6.21. The molecule has 0 unspecified atom stereocenters. The van der Waals surface area contributed by atoms with Gasteiger partial charge in [-0.3, -0.25) is 0 Å². The predicted octanol–water partition coefficient (Wildman–Crippen LogP) is 2.10. The standard InChI is InChI=1S/C13H13ClN6OS/c14-10-3-2-9(22-10)8(21)7-16-11-6-12(19-13(15)18-11)20-5-1-4-17-20/h1-6,8,21H,7H2,(H3,15,16,18,19)/t8-/m0/s1. The molecule has 0 radical (unpaired) electrons. The summed E-state index contributed by atoms with van der Waals surface area (Å²) in [7, 11) is 0. The fourth-order valence-corrected chi connectivity index (χ4v) is 2.92. The summed E-state index contributed by atoms with van der Waals surface area (Å²) in [5.74, 6) is 1.19. The third-order valence-corrected chi connectivity index (χ3v) is 4.20. The first-order chi connectivity index (χ1) is 10.6. The number of aliphatic hydroxyl groups excluding tert-OH is 1. The SMILES string of the molecule is Nc1nc(NC[C@H](O)c2ccc(Cl)s2)cc(-n2cccn2)n1. The lowest BCUT2D eigenvalue weighted by Crippen LogP contribution is -2.13. The molecule has 1 atom stereocenters. The summed E-state index contributed by atoms with van der Waals surface area (Å²) in [5.41, 5.74) is 5.71. The van der Waals surface area contributed by atoms with Gasteiger partial charge in [-0.25, -0.2) is 4.68 Å². The molecule has 22 heavy (non-hydrogen) atoms. The lowest BCUT2D eigenvalue weighted by atomic mass is 10.3. The quantitative estimate of drug-likeness (QED) is 0.659. The van der Waals surface area contributed by atoms with Crippen LogP contribution in [0.2, 0.25) is 4.34 Å². The van der Waals surface area contributed by atoms with Gasteiger partial charge in [0, 0.05) is 29.9 Å². The Labute approximate surface area is 135 Å². The van der Waals surface area contributed by atoms with E-state index in [1.54, 1.807) is 41.3 Å². The number of nitrogens with two attached hydrogens (primary N) is 1. The topological polar surface area (TPSA) is 102 Å². The highest BCUT2D eigenvalue weighted by Gasteiger charge is 2.11. The van der Waals surface area contributed by atoms with Crippen molar-refractivity contribution in [3.8, 4) is 5.82 Å². The van der Waals surface area contributed by atoms with Crippen molar-refractivity contribution in [2.24, 2.45) is 0 Å². The lowest BCUT2D eigenvalue weighted by Gasteiger charge is -2.12. The maximum atomic E-state index is 10.1. The Hall–Kier alpha value is -2.16. The third kappa shape index (κ3) is 3.35. The van der Waals surface area contributed by atoms with Gasteiger partial charge in [0.15, 0.2) is 5.82 Å². The largest absolute Gasteiger partial charge is 0.386 e. The maximum Gasteiger partial charge on any atom is 0.224 e. The van der Waals surface area contributed by atoms with E-state index in [2.05, 4.69) is 20.4 Å². The van der Waals surface area contributed by atoms with Crippen molar-refractivity contribution >= 4 is 34.7 Å². The van der Waals surface area contributed by atoms with E-state index in [1.807, 2.05) is 0 Å².